The number of hydrogen-bond donors (Lipinski definition) is 2. The minimum Gasteiger partial charge on any atom is -0.385 e. The summed E-state index contributed by atoms with van der Waals surface area (Å²) in [6, 6.07) is 4.69. The van der Waals surface area contributed by atoms with Crippen molar-refractivity contribution in [3.05, 3.63) is 22.4 Å². The van der Waals surface area contributed by atoms with Gasteiger partial charge in [-0.25, -0.2) is 0 Å². The van der Waals surface area contributed by atoms with Gasteiger partial charge in [-0.3, -0.25) is 9.89 Å². The molecule has 1 aromatic rings. The lowest BCUT2D eigenvalue weighted by Gasteiger charge is -2.37. The van der Waals surface area contributed by atoms with Gasteiger partial charge in [-0.05, 0) is 31.8 Å². The van der Waals surface area contributed by atoms with E-state index < -0.39 is 0 Å². The highest BCUT2D eigenvalue weighted by Gasteiger charge is 2.26. The van der Waals surface area contributed by atoms with E-state index in [4.69, 9.17) is 9.47 Å². The molecule has 0 saturated carbocycles. The number of ether oxygens (including phenoxy) is 2. The Hall–Kier alpha value is -1.19. The van der Waals surface area contributed by atoms with E-state index in [1.54, 1.807) is 7.11 Å². The maximum atomic E-state index is 5.73. The molecular formula is C20H37N5O2S. The van der Waals surface area contributed by atoms with Crippen molar-refractivity contribution >= 4 is 17.3 Å². The quantitative estimate of drug-likeness (QED) is 0.328. The van der Waals surface area contributed by atoms with Crippen LogP contribution in [0.3, 0.4) is 0 Å². The number of guanidine groups is 1. The zero-order chi connectivity index (χ0) is 20.2. The highest BCUT2D eigenvalue weighted by atomic mass is 32.1. The normalized spacial score (nSPS) is 19.8. The zero-order valence-electron chi connectivity index (χ0n) is 17.8. The molecule has 1 fully saturated rings. The first kappa shape index (κ1) is 23.1. The molecule has 1 saturated heterocycles. The molecule has 2 rings (SSSR count). The number of morpholine rings is 1. The number of likely N-dealkylation sites (N-methyl/N-ethyl adjacent to an activating group) is 1. The summed E-state index contributed by atoms with van der Waals surface area (Å²) in [6.07, 6.45) is 1.34. The lowest BCUT2D eigenvalue weighted by molar-refractivity contribution is -0.0334. The molecular weight excluding hydrogens is 374 g/mol. The summed E-state index contributed by atoms with van der Waals surface area (Å²) >= 11 is 1.82. The smallest absolute Gasteiger partial charge is 0.191 e. The van der Waals surface area contributed by atoms with Crippen LogP contribution >= 0.6 is 11.3 Å². The molecule has 2 N–H and O–H groups in total. The van der Waals surface area contributed by atoms with Crippen LogP contribution < -0.4 is 10.6 Å². The summed E-state index contributed by atoms with van der Waals surface area (Å²) in [5.41, 5.74) is 0. The molecule has 7 nitrogen and oxygen atoms in total. The summed E-state index contributed by atoms with van der Waals surface area (Å²) in [5.74, 6) is 0.855. The van der Waals surface area contributed by atoms with Gasteiger partial charge in [0.1, 0.15) is 0 Å². The van der Waals surface area contributed by atoms with Crippen LogP contribution in [0.1, 0.15) is 24.3 Å². The van der Waals surface area contributed by atoms with Crippen molar-refractivity contribution in [1.29, 1.82) is 0 Å². The van der Waals surface area contributed by atoms with Crippen LogP contribution in [0.5, 0.6) is 0 Å². The van der Waals surface area contributed by atoms with Gasteiger partial charge in [-0.1, -0.05) is 6.07 Å². The lowest BCUT2D eigenvalue weighted by Crippen LogP contribution is -2.48. The van der Waals surface area contributed by atoms with Gasteiger partial charge in [0.05, 0.1) is 18.8 Å². The monoisotopic (exact) mass is 411 g/mol. The van der Waals surface area contributed by atoms with Crippen LogP contribution in [-0.2, 0) is 9.47 Å². The zero-order valence-corrected chi connectivity index (χ0v) is 18.6. The summed E-state index contributed by atoms with van der Waals surface area (Å²) in [7, 11) is 5.72. The fourth-order valence-corrected chi connectivity index (χ4v) is 4.25. The number of thiophene rings is 1. The molecule has 0 amide bonds. The Morgan fingerprint density at radius 1 is 1.46 bits per heavy atom. The van der Waals surface area contributed by atoms with Crippen LogP contribution in [-0.4, -0.2) is 95.6 Å². The predicted molar refractivity (Wildman–Crippen MR) is 117 cm³/mol. The number of rotatable bonds is 11. The third-order valence-electron chi connectivity index (χ3n) is 4.95. The lowest BCUT2D eigenvalue weighted by atomic mass is 10.1. The minimum absolute atomic E-state index is 0.280. The summed E-state index contributed by atoms with van der Waals surface area (Å²) in [6.45, 7) is 9.38. The van der Waals surface area contributed by atoms with Crippen LogP contribution in [0.4, 0.5) is 0 Å². The number of methoxy groups -OCH3 is 1. The number of aliphatic imine (C=N–C) groups is 1. The fourth-order valence-electron chi connectivity index (χ4n) is 3.39. The van der Waals surface area contributed by atoms with E-state index in [2.05, 4.69) is 56.9 Å². The maximum absolute atomic E-state index is 5.73. The van der Waals surface area contributed by atoms with Crippen LogP contribution in [0.2, 0.25) is 0 Å². The van der Waals surface area contributed by atoms with Crippen LogP contribution in [0.25, 0.3) is 0 Å². The molecule has 0 bridgehead atoms. The number of nitrogens with one attached hydrogen (secondary N) is 2. The molecule has 0 spiro atoms. The molecule has 1 aliphatic heterocycles. The van der Waals surface area contributed by atoms with E-state index in [-0.39, 0.29) is 6.10 Å². The largest absolute Gasteiger partial charge is 0.385 e. The van der Waals surface area contributed by atoms with Crippen molar-refractivity contribution in [2.24, 2.45) is 4.99 Å². The Kier molecular flexibility index (Phi) is 10.8. The van der Waals surface area contributed by atoms with Gasteiger partial charge in [-0.2, -0.15) is 0 Å². The number of hydrogen-bond acceptors (Lipinski definition) is 6. The molecule has 0 aliphatic carbocycles. The van der Waals surface area contributed by atoms with Gasteiger partial charge in [-0.15, -0.1) is 11.3 Å². The van der Waals surface area contributed by atoms with Gasteiger partial charge in [0.25, 0.3) is 0 Å². The Morgan fingerprint density at radius 3 is 3.00 bits per heavy atom. The van der Waals surface area contributed by atoms with Crippen molar-refractivity contribution in [3.8, 4) is 0 Å². The van der Waals surface area contributed by atoms with Gasteiger partial charge < -0.3 is 25.0 Å². The Bertz CT molecular complexity index is 555. The topological polar surface area (TPSA) is 61.4 Å². The van der Waals surface area contributed by atoms with Crippen LogP contribution in [0.15, 0.2) is 22.5 Å². The fraction of sp³-hybridized carbons (Fsp3) is 0.750. The Balaban J connectivity index is 1.80. The van der Waals surface area contributed by atoms with Crippen molar-refractivity contribution in [2.75, 3.05) is 73.7 Å². The van der Waals surface area contributed by atoms with E-state index in [9.17, 15) is 0 Å². The molecule has 2 atom stereocenters. The molecule has 1 aliphatic rings. The van der Waals surface area contributed by atoms with Crippen molar-refractivity contribution in [2.45, 2.75) is 25.5 Å². The maximum Gasteiger partial charge on any atom is 0.191 e. The molecule has 0 aromatic carbocycles. The van der Waals surface area contributed by atoms with E-state index in [1.807, 2.05) is 18.4 Å². The first-order valence-electron chi connectivity index (χ1n) is 10.1. The Labute approximate surface area is 174 Å². The number of nitrogens with zero attached hydrogens (tertiary/aromatic N) is 3. The van der Waals surface area contributed by atoms with E-state index in [0.717, 1.165) is 64.9 Å². The van der Waals surface area contributed by atoms with Crippen molar-refractivity contribution in [3.63, 3.8) is 0 Å². The third-order valence-corrected chi connectivity index (χ3v) is 5.92. The molecule has 160 valence electrons. The molecule has 28 heavy (non-hydrogen) atoms. The molecule has 2 unspecified atom stereocenters. The second-order valence-electron chi connectivity index (χ2n) is 7.24. The summed E-state index contributed by atoms with van der Waals surface area (Å²) in [5, 5.41) is 9.10. The third kappa shape index (κ3) is 8.05. The van der Waals surface area contributed by atoms with Gasteiger partial charge in [0.15, 0.2) is 5.96 Å². The SMILES string of the molecule is CN=C(NCCN(C)CCCOC)NCC(c1cccs1)N1CCOC(C)C1. The predicted octanol–water partition coefficient (Wildman–Crippen LogP) is 1.64. The van der Waals surface area contributed by atoms with Gasteiger partial charge in [0, 0.05) is 64.9 Å². The van der Waals surface area contributed by atoms with E-state index >= 15 is 0 Å². The van der Waals surface area contributed by atoms with Crippen LogP contribution in [0, 0.1) is 0 Å². The van der Waals surface area contributed by atoms with Crippen molar-refractivity contribution < 1.29 is 9.47 Å². The molecule has 0 radical (unpaired) electrons. The average Bonchev–Trinajstić information content (AvgIpc) is 3.21. The highest BCUT2D eigenvalue weighted by Crippen LogP contribution is 2.26. The average molecular weight is 412 g/mol. The standard InChI is InChI=1S/C20H37N5O2S/c1-17-16-25(11-13-27-17)18(19-7-5-14-28-19)15-23-20(21-2)22-8-10-24(3)9-6-12-26-4/h5,7,14,17-18H,6,8-13,15-16H2,1-4H3,(H2,21,22,23). The molecule has 1 aromatic heterocycles. The second-order valence-corrected chi connectivity index (χ2v) is 8.22. The molecule has 2 heterocycles. The first-order chi connectivity index (χ1) is 13.6. The van der Waals surface area contributed by atoms with E-state index in [0.29, 0.717) is 6.04 Å². The van der Waals surface area contributed by atoms with Crippen molar-refractivity contribution in [1.82, 2.24) is 20.4 Å². The first-order valence-corrected chi connectivity index (χ1v) is 11.0. The minimum atomic E-state index is 0.280. The molecule has 8 heteroatoms. The summed E-state index contributed by atoms with van der Waals surface area (Å²) in [4.78, 5) is 10.6. The Morgan fingerprint density at radius 2 is 2.32 bits per heavy atom. The highest BCUT2D eigenvalue weighted by molar-refractivity contribution is 7.10. The summed E-state index contributed by atoms with van der Waals surface area (Å²) < 4.78 is 10.8. The van der Waals surface area contributed by atoms with E-state index in [1.165, 1.54) is 4.88 Å². The van der Waals surface area contributed by atoms with Gasteiger partial charge >= 0.3 is 0 Å². The van der Waals surface area contributed by atoms with Gasteiger partial charge in [0.2, 0.25) is 0 Å². The second kappa shape index (κ2) is 13.1.